The predicted octanol–water partition coefficient (Wildman–Crippen LogP) is -0.872. The second-order valence-electron chi connectivity index (χ2n) is 5.45. The molecule has 0 aliphatic carbocycles. The summed E-state index contributed by atoms with van der Waals surface area (Å²) in [5, 5.41) is 0. The van der Waals surface area contributed by atoms with Crippen molar-refractivity contribution in [1.82, 2.24) is 9.80 Å². The molecule has 1 rings (SSSR count). The highest BCUT2D eigenvalue weighted by molar-refractivity contribution is 5.81. The molecule has 4 N–H and O–H groups in total. The van der Waals surface area contributed by atoms with E-state index in [4.69, 9.17) is 16.2 Å². The van der Waals surface area contributed by atoms with Crippen LogP contribution in [0.1, 0.15) is 13.8 Å². The predicted molar refractivity (Wildman–Crippen MR) is 80.1 cm³/mol. The quantitative estimate of drug-likeness (QED) is 0.470. The highest BCUT2D eigenvalue weighted by atomic mass is 16.5. The standard InChI is InChI=1S/C14H26N4O3/c1-4-9-21-13(16)11(12(15)19)17-5-7-18(8-6-17)14(20)10(2)3/h4,10-11,13H,1,5-9,16H2,2-3H3,(H2,15,19). The molecule has 21 heavy (non-hydrogen) atoms. The van der Waals surface area contributed by atoms with Crippen molar-refractivity contribution in [2.24, 2.45) is 17.4 Å². The lowest BCUT2D eigenvalue weighted by Gasteiger charge is -2.40. The van der Waals surface area contributed by atoms with Crippen LogP contribution in [0.3, 0.4) is 0 Å². The summed E-state index contributed by atoms with van der Waals surface area (Å²) in [4.78, 5) is 27.3. The minimum Gasteiger partial charge on any atom is -0.368 e. The van der Waals surface area contributed by atoms with Crippen molar-refractivity contribution in [2.45, 2.75) is 26.1 Å². The monoisotopic (exact) mass is 298 g/mol. The van der Waals surface area contributed by atoms with Gasteiger partial charge in [0.15, 0.2) is 0 Å². The number of rotatable bonds is 7. The summed E-state index contributed by atoms with van der Waals surface area (Å²) < 4.78 is 5.32. The van der Waals surface area contributed by atoms with E-state index in [0.717, 1.165) is 0 Å². The molecule has 1 aliphatic rings. The number of amides is 2. The molecule has 1 fully saturated rings. The van der Waals surface area contributed by atoms with Gasteiger partial charge < -0.3 is 21.1 Å². The van der Waals surface area contributed by atoms with Crippen LogP contribution >= 0.6 is 0 Å². The van der Waals surface area contributed by atoms with Crippen LogP contribution < -0.4 is 11.5 Å². The number of carbonyl (C=O) groups is 2. The summed E-state index contributed by atoms with van der Waals surface area (Å²) in [5.41, 5.74) is 11.3. The third-order valence-electron chi connectivity index (χ3n) is 3.52. The van der Waals surface area contributed by atoms with Crippen molar-refractivity contribution in [3.8, 4) is 0 Å². The van der Waals surface area contributed by atoms with Crippen molar-refractivity contribution in [3.63, 3.8) is 0 Å². The number of hydrogen-bond acceptors (Lipinski definition) is 5. The average Bonchev–Trinajstić information content (AvgIpc) is 2.44. The van der Waals surface area contributed by atoms with Gasteiger partial charge in [0.25, 0.3) is 0 Å². The van der Waals surface area contributed by atoms with Gasteiger partial charge in [0.2, 0.25) is 11.8 Å². The van der Waals surface area contributed by atoms with Gasteiger partial charge in [0.05, 0.1) is 6.61 Å². The summed E-state index contributed by atoms with van der Waals surface area (Å²) >= 11 is 0. The van der Waals surface area contributed by atoms with Crippen LogP contribution in [0, 0.1) is 5.92 Å². The van der Waals surface area contributed by atoms with Crippen molar-refractivity contribution in [1.29, 1.82) is 0 Å². The first-order valence-corrected chi connectivity index (χ1v) is 7.18. The van der Waals surface area contributed by atoms with E-state index < -0.39 is 18.2 Å². The van der Waals surface area contributed by atoms with Crippen LogP contribution in [-0.2, 0) is 14.3 Å². The molecular weight excluding hydrogens is 272 g/mol. The second kappa shape index (κ2) is 8.11. The Labute approximate surface area is 125 Å². The zero-order chi connectivity index (χ0) is 16.0. The van der Waals surface area contributed by atoms with Crippen molar-refractivity contribution in [3.05, 3.63) is 12.7 Å². The van der Waals surface area contributed by atoms with E-state index >= 15 is 0 Å². The molecule has 2 atom stereocenters. The van der Waals surface area contributed by atoms with Crippen LogP contribution in [0.25, 0.3) is 0 Å². The van der Waals surface area contributed by atoms with Gasteiger partial charge in [-0.15, -0.1) is 6.58 Å². The van der Waals surface area contributed by atoms with Crippen LogP contribution in [-0.4, -0.2) is 66.7 Å². The molecular formula is C14H26N4O3. The average molecular weight is 298 g/mol. The summed E-state index contributed by atoms with van der Waals surface area (Å²) in [6.45, 7) is 9.79. The molecule has 1 aliphatic heterocycles. The number of hydrogen-bond donors (Lipinski definition) is 2. The Balaban J connectivity index is 2.61. The third-order valence-corrected chi connectivity index (χ3v) is 3.52. The number of ether oxygens (including phenoxy) is 1. The lowest BCUT2D eigenvalue weighted by Crippen LogP contribution is -2.61. The molecule has 0 aromatic carbocycles. The topological polar surface area (TPSA) is 102 Å². The summed E-state index contributed by atoms with van der Waals surface area (Å²) in [7, 11) is 0. The van der Waals surface area contributed by atoms with Gasteiger partial charge in [-0.25, -0.2) is 0 Å². The molecule has 2 amide bonds. The molecule has 1 saturated heterocycles. The first-order chi connectivity index (χ1) is 9.88. The number of piperazine rings is 1. The lowest BCUT2D eigenvalue weighted by molar-refractivity contribution is -0.138. The summed E-state index contributed by atoms with van der Waals surface area (Å²) in [6, 6.07) is -0.693. The van der Waals surface area contributed by atoms with Gasteiger partial charge in [-0.1, -0.05) is 19.9 Å². The SMILES string of the molecule is C=CCOC(N)C(C(N)=O)N1CCN(C(=O)C(C)C)CC1. The highest BCUT2D eigenvalue weighted by Gasteiger charge is 2.34. The van der Waals surface area contributed by atoms with E-state index in [1.54, 1.807) is 11.0 Å². The van der Waals surface area contributed by atoms with Gasteiger partial charge >= 0.3 is 0 Å². The summed E-state index contributed by atoms with van der Waals surface area (Å²) in [6.07, 6.45) is 0.768. The molecule has 0 saturated carbocycles. The Bertz CT molecular complexity index is 378. The normalized spacial score (nSPS) is 19.3. The first-order valence-electron chi connectivity index (χ1n) is 7.18. The van der Waals surface area contributed by atoms with E-state index in [2.05, 4.69) is 6.58 Å². The van der Waals surface area contributed by atoms with E-state index in [0.29, 0.717) is 26.2 Å². The van der Waals surface area contributed by atoms with Gasteiger partial charge in [-0.05, 0) is 0 Å². The maximum atomic E-state index is 11.9. The fourth-order valence-electron chi connectivity index (χ4n) is 2.41. The molecule has 2 unspecified atom stereocenters. The molecule has 1 heterocycles. The third kappa shape index (κ3) is 4.80. The van der Waals surface area contributed by atoms with E-state index in [-0.39, 0.29) is 18.4 Å². The Kier molecular flexibility index (Phi) is 6.80. The molecule has 0 bridgehead atoms. The van der Waals surface area contributed by atoms with Crippen LogP contribution in [0.15, 0.2) is 12.7 Å². The molecule has 0 aromatic rings. The fourth-order valence-corrected chi connectivity index (χ4v) is 2.41. The first kappa shape index (κ1) is 17.6. The maximum Gasteiger partial charge on any atom is 0.238 e. The zero-order valence-electron chi connectivity index (χ0n) is 12.8. The highest BCUT2D eigenvalue weighted by Crippen LogP contribution is 2.12. The van der Waals surface area contributed by atoms with Crippen molar-refractivity contribution < 1.29 is 14.3 Å². The number of carbonyl (C=O) groups excluding carboxylic acids is 2. The minimum absolute atomic E-state index is 0.0262. The lowest BCUT2D eigenvalue weighted by atomic mass is 10.1. The Morgan fingerprint density at radius 2 is 1.86 bits per heavy atom. The second-order valence-corrected chi connectivity index (χ2v) is 5.45. The van der Waals surface area contributed by atoms with Gasteiger partial charge in [0, 0.05) is 32.1 Å². The number of primary amides is 1. The van der Waals surface area contributed by atoms with Crippen LogP contribution in [0.4, 0.5) is 0 Å². The zero-order valence-corrected chi connectivity index (χ0v) is 12.8. The van der Waals surface area contributed by atoms with Crippen molar-refractivity contribution >= 4 is 11.8 Å². The van der Waals surface area contributed by atoms with Gasteiger partial charge in [0.1, 0.15) is 12.3 Å². The van der Waals surface area contributed by atoms with Gasteiger partial charge in [-0.3, -0.25) is 14.5 Å². The Morgan fingerprint density at radius 3 is 2.29 bits per heavy atom. The largest absolute Gasteiger partial charge is 0.368 e. The molecule has 0 aromatic heterocycles. The molecule has 7 heteroatoms. The molecule has 0 spiro atoms. The number of nitrogens with zero attached hydrogens (tertiary/aromatic N) is 2. The van der Waals surface area contributed by atoms with E-state index in [9.17, 15) is 9.59 Å². The smallest absolute Gasteiger partial charge is 0.238 e. The molecule has 7 nitrogen and oxygen atoms in total. The van der Waals surface area contributed by atoms with Crippen molar-refractivity contribution in [2.75, 3.05) is 32.8 Å². The number of nitrogens with two attached hydrogens (primary N) is 2. The Morgan fingerprint density at radius 1 is 1.29 bits per heavy atom. The summed E-state index contributed by atoms with van der Waals surface area (Å²) in [5.74, 6) is -0.422. The van der Waals surface area contributed by atoms with E-state index in [1.807, 2.05) is 18.7 Å². The van der Waals surface area contributed by atoms with E-state index in [1.165, 1.54) is 0 Å². The maximum absolute atomic E-state index is 11.9. The van der Waals surface area contributed by atoms with Gasteiger partial charge in [-0.2, -0.15) is 0 Å². The Hall–Kier alpha value is -1.44. The fraction of sp³-hybridized carbons (Fsp3) is 0.714. The van der Waals surface area contributed by atoms with Crippen LogP contribution in [0.5, 0.6) is 0 Å². The minimum atomic E-state index is -0.798. The molecule has 0 radical (unpaired) electrons. The van der Waals surface area contributed by atoms with Crippen LogP contribution in [0.2, 0.25) is 0 Å². The molecule has 120 valence electrons.